The van der Waals surface area contributed by atoms with E-state index < -0.39 is 11.5 Å². The summed E-state index contributed by atoms with van der Waals surface area (Å²) in [6, 6.07) is 21.5. The molecule has 0 fully saturated rings. The van der Waals surface area contributed by atoms with E-state index in [4.69, 9.17) is 32.9 Å². The Morgan fingerprint density at radius 1 is 0.456 bits per heavy atom. The lowest BCUT2D eigenvalue weighted by atomic mass is 9.90. The van der Waals surface area contributed by atoms with Crippen molar-refractivity contribution in [1.29, 1.82) is 47.4 Å². The first kappa shape index (κ1) is 38.9. The molecule has 15 nitrogen and oxygen atoms in total. The fraction of sp³-hybridized carbons (Fsp3) is 0.0238. The van der Waals surface area contributed by atoms with Gasteiger partial charge in [0.25, 0.3) is 5.70 Å². The van der Waals surface area contributed by atoms with Gasteiger partial charge in [-0.05, 0) is 45.5 Å². The van der Waals surface area contributed by atoms with Crippen molar-refractivity contribution in [3.05, 3.63) is 154 Å². The van der Waals surface area contributed by atoms with E-state index in [0.29, 0.717) is 0 Å². The Bertz CT molecular complexity index is 3100. The van der Waals surface area contributed by atoms with Crippen LogP contribution in [0.4, 0.5) is 22.7 Å². The molecule has 0 amide bonds. The smallest absolute Gasteiger partial charge is 0.270 e. The highest BCUT2D eigenvalue weighted by Crippen LogP contribution is 2.54. The number of carbonyl (C=O) groups excluding carboxylic acids is 1. The maximum absolute atomic E-state index is 12.9. The van der Waals surface area contributed by atoms with Gasteiger partial charge in [0.15, 0.2) is 17.2 Å². The van der Waals surface area contributed by atoms with Gasteiger partial charge in [-0.1, -0.05) is 19.6 Å². The van der Waals surface area contributed by atoms with Crippen LogP contribution in [0.15, 0.2) is 30.0 Å². The van der Waals surface area contributed by atoms with Gasteiger partial charge in [-0.15, -0.1) is 0 Å². The SMILES string of the molecule is C.[C-]#[N+]/C(C#N)=C1/c2c(cc(C#N)c(C#N)c2C#N)-c2cc([N+]#[C-])c([N+]#[C-])c(C#N)c21.[C-]#[N+]c1cc2c(c(C#N)c1[N+]#[C-])C(=O)c1c-2cc(C#N)c(C#N)c1C#N. The number of allylic oxidation sites excluding steroid dienone is 1. The number of nitrogens with zero attached hydrogens (tertiary/aromatic N) is 14. The van der Waals surface area contributed by atoms with Gasteiger partial charge in [0.1, 0.15) is 36.4 Å². The molecule has 0 aromatic heterocycles. The van der Waals surface area contributed by atoms with Crippen LogP contribution in [0.1, 0.15) is 79.0 Å². The Labute approximate surface area is 323 Å². The van der Waals surface area contributed by atoms with Crippen LogP contribution < -0.4 is 0 Å². The number of nitriles is 9. The molecule has 2 aliphatic carbocycles. The fourth-order valence-corrected chi connectivity index (χ4v) is 6.39. The Morgan fingerprint density at radius 3 is 1.18 bits per heavy atom. The summed E-state index contributed by atoms with van der Waals surface area (Å²) in [6.07, 6.45) is 0. The van der Waals surface area contributed by atoms with Crippen molar-refractivity contribution in [3.8, 4) is 76.9 Å². The number of fused-ring (bicyclic) bond motifs is 6. The maximum Gasteiger partial charge on any atom is 0.270 e. The number of hydrogen-bond acceptors (Lipinski definition) is 10. The van der Waals surface area contributed by atoms with E-state index >= 15 is 0 Å². The molecule has 0 saturated carbocycles. The molecule has 4 aromatic carbocycles. The average molecular weight is 725 g/mol. The summed E-state index contributed by atoms with van der Waals surface area (Å²) in [5.41, 5.74) is -1.90. The summed E-state index contributed by atoms with van der Waals surface area (Å²) >= 11 is 0. The highest BCUT2D eigenvalue weighted by Gasteiger charge is 2.37. The summed E-state index contributed by atoms with van der Waals surface area (Å²) in [7, 11) is 0. The minimum Gasteiger partial charge on any atom is -0.289 e. The predicted octanol–water partition coefficient (Wildman–Crippen LogP) is 8.58. The number of hydrogen-bond donors (Lipinski definition) is 0. The molecule has 252 valence electrons. The van der Waals surface area contributed by atoms with Crippen molar-refractivity contribution < 1.29 is 4.79 Å². The molecule has 0 spiro atoms. The van der Waals surface area contributed by atoms with Crippen LogP contribution in [0.5, 0.6) is 0 Å². The predicted molar refractivity (Wildman–Crippen MR) is 195 cm³/mol. The van der Waals surface area contributed by atoms with Crippen LogP contribution >= 0.6 is 0 Å². The Morgan fingerprint density at radius 2 is 0.807 bits per heavy atom. The fourth-order valence-electron chi connectivity index (χ4n) is 6.39. The normalized spacial score (nSPS) is 10.7. The first-order chi connectivity index (χ1) is 27.1. The minimum absolute atomic E-state index is 0. The van der Waals surface area contributed by atoms with Gasteiger partial charge < -0.3 is 0 Å². The molecule has 0 atom stereocenters. The largest absolute Gasteiger partial charge is 0.289 e. The monoisotopic (exact) mass is 724 g/mol. The van der Waals surface area contributed by atoms with E-state index in [9.17, 15) is 52.2 Å². The lowest BCUT2D eigenvalue weighted by molar-refractivity contribution is 0.104. The number of carbonyl (C=O) groups is 1. The van der Waals surface area contributed by atoms with Crippen LogP contribution in [0, 0.1) is 135 Å². The first-order valence-electron chi connectivity index (χ1n) is 14.8. The average Bonchev–Trinajstić information content (AvgIpc) is 3.71. The number of benzene rings is 4. The Kier molecular flexibility index (Phi) is 10.4. The summed E-state index contributed by atoms with van der Waals surface area (Å²) in [5.74, 6) is -0.675. The van der Waals surface area contributed by atoms with E-state index in [1.165, 1.54) is 24.3 Å². The van der Waals surface area contributed by atoms with Crippen molar-refractivity contribution in [2.75, 3.05) is 0 Å². The molecule has 0 radical (unpaired) electrons. The van der Waals surface area contributed by atoms with Crippen LogP contribution in [-0.2, 0) is 0 Å². The van der Waals surface area contributed by atoms with Crippen molar-refractivity contribution in [1.82, 2.24) is 0 Å². The zero-order chi connectivity index (χ0) is 41.0. The van der Waals surface area contributed by atoms with Gasteiger partial charge >= 0.3 is 0 Å². The van der Waals surface area contributed by atoms with E-state index in [2.05, 4.69) is 24.2 Å². The second-order valence-corrected chi connectivity index (χ2v) is 10.9. The molecule has 0 saturated heterocycles. The van der Waals surface area contributed by atoms with Crippen LogP contribution in [-0.4, -0.2) is 5.78 Å². The number of rotatable bonds is 0. The van der Waals surface area contributed by atoms with E-state index in [-0.39, 0.29) is 125 Å². The number of ketones is 1. The highest BCUT2D eigenvalue weighted by molar-refractivity contribution is 6.26. The zero-order valence-electron chi connectivity index (χ0n) is 27.5. The molecular formula is C42H8N14O. The Balaban J connectivity index is 0.000000251. The van der Waals surface area contributed by atoms with Crippen molar-refractivity contribution in [3.63, 3.8) is 0 Å². The van der Waals surface area contributed by atoms with Crippen molar-refractivity contribution in [2.45, 2.75) is 7.43 Å². The molecule has 0 N–H and O–H groups in total. The van der Waals surface area contributed by atoms with E-state index in [1.807, 2.05) is 24.3 Å². The standard InChI is InChI=1S/C22H2N8.C19H2N6O.CH4/c1-28-17-5-13-12-4-11(6-23)14(7-24)15(8-25)19(12)21(18(10-27)29-2)20(13)16(9-26)22(17)30-3;1-24-15-4-11-10-3-9(5-20)12(6-21)13(7-22)16(10)19(26)17(11)14(8-23)18(15)25-2;/h4-5H;3-4H;1H4/b21-18-;;. The molecule has 6 rings (SSSR count). The molecule has 0 unspecified atom stereocenters. The molecule has 57 heavy (non-hydrogen) atoms. The highest BCUT2D eigenvalue weighted by atomic mass is 16.1. The van der Waals surface area contributed by atoms with Gasteiger partial charge in [-0.25, -0.2) is 19.8 Å². The van der Waals surface area contributed by atoms with Gasteiger partial charge in [0.05, 0.1) is 95.6 Å². The topological polar surface area (TPSA) is 253 Å². The molecule has 2 aliphatic rings. The third kappa shape index (κ3) is 5.37. The zero-order valence-corrected chi connectivity index (χ0v) is 27.5. The van der Waals surface area contributed by atoms with Crippen LogP contribution in [0.25, 0.3) is 52.1 Å². The second-order valence-electron chi connectivity index (χ2n) is 10.9. The first-order valence-corrected chi connectivity index (χ1v) is 14.8. The second kappa shape index (κ2) is 15.2. The molecule has 15 heteroatoms. The lowest BCUT2D eigenvalue weighted by Gasteiger charge is -2.09. The van der Waals surface area contributed by atoms with Crippen LogP contribution in [0.3, 0.4) is 0 Å². The summed E-state index contributed by atoms with van der Waals surface area (Å²) in [6.45, 7) is 36.5. The van der Waals surface area contributed by atoms with E-state index in [1.54, 1.807) is 30.3 Å². The summed E-state index contributed by atoms with van der Waals surface area (Å²) in [4.78, 5) is 29.1. The van der Waals surface area contributed by atoms with Crippen molar-refractivity contribution in [2.24, 2.45) is 0 Å². The van der Waals surface area contributed by atoms with Gasteiger partial charge in [-0.2, -0.15) is 42.1 Å². The van der Waals surface area contributed by atoms with Crippen molar-refractivity contribution >= 4 is 34.1 Å². The van der Waals surface area contributed by atoms with Gasteiger partial charge in [0.2, 0.25) is 11.4 Å². The molecule has 0 heterocycles. The quantitative estimate of drug-likeness (QED) is 0.106. The molecule has 0 bridgehead atoms. The third-order valence-corrected chi connectivity index (χ3v) is 8.58. The van der Waals surface area contributed by atoms with Gasteiger partial charge in [-0.3, -0.25) is 14.5 Å². The molecule has 0 aliphatic heterocycles. The molecular weight excluding hydrogens is 717 g/mol. The lowest BCUT2D eigenvalue weighted by Crippen LogP contribution is -2.04. The third-order valence-electron chi connectivity index (χ3n) is 8.58. The maximum atomic E-state index is 12.9. The summed E-state index contributed by atoms with van der Waals surface area (Å²) < 4.78 is 0. The minimum atomic E-state index is -0.675. The van der Waals surface area contributed by atoms with Gasteiger partial charge in [0, 0.05) is 16.7 Å². The summed E-state index contributed by atoms with van der Waals surface area (Å²) in [5, 5.41) is 85.3. The Hall–Kier alpha value is -10.9. The molecule has 4 aromatic rings. The van der Waals surface area contributed by atoms with E-state index in [0.717, 1.165) is 0 Å². The van der Waals surface area contributed by atoms with Crippen LogP contribution in [0.2, 0.25) is 0 Å².